The highest BCUT2D eigenvalue weighted by Gasteiger charge is 2.42. The van der Waals surface area contributed by atoms with Crippen molar-refractivity contribution in [2.75, 3.05) is 6.61 Å². The smallest absolute Gasteiger partial charge is 0.379 e. The van der Waals surface area contributed by atoms with Crippen molar-refractivity contribution in [3.8, 4) is 0 Å². The highest BCUT2D eigenvalue weighted by Crippen LogP contribution is 2.66. The minimum Gasteiger partial charge on any atom is -0.379 e. The first-order valence-electron chi connectivity index (χ1n) is 6.94. The molecule has 0 aliphatic carbocycles. The monoisotopic (exact) mass is 466 g/mol. The molecule has 1 fully saturated rings. The number of phosphoric acid groups is 3. The van der Waals surface area contributed by atoms with Crippen LogP contribution in [0.5, 0.6) is 0 Å². The summed E-state index contributed by atoms with van der Waals surface area (Å²) in [5, 5.41) is 6.16. The zero-order valence-corrected chi connectivity index (χ0v) is 16.5. The number of phosphoric ester groups is 1. The van der Waals surface area contributed by atoms with Crippen molar-refractivity contribution in [3.63, 3.8) is 0 Å². The lowest BCUT2D eigenvalue weighted by molar-refractivity contribution is -0.0634. The number of hydrogen-bond donors (Lipinski definition) is 4. The Morgan fingerprint density at radius 3 is 2.18 bits per heavy atom. The van der Waals surface area contributed by atoms with Crippen LogP contribution in [0.3, 0.4) is 0 Å². The predicted octanol–water partition coefficient (Wildman–Crippen LogP) is 0.367. The second-order valence-corrected chi connectivity index (χ2v) is 9.44. The van der Waals surface area contributed by atoms with Gasteiger partial charge in [0.25, 0.3) is 0 Å². The Morgan fingerprint density at radius 2 is 1.68 bits per heavy atom. The Balaban J connectivity index is 2.75. The van der Waals surface area contributed by atoms with Crippen LogP contribution in [-0.4, -0.2) is 58.6 Å². The third-order valence-electron chi connectivity index (χ3n) is 2.80. The largest absolute Gasteiger partial charge is 0.490 e. The number of azide groups is 1. The van der Waals surface area contributed by atoms with Gasteiger partial charge in [-0.1, -0.05) is 10.2 Å². The van der Waals surface area contributed by atoms with Crippen LogP contribution in [0.4, 0.5) is 0 Å². The van der Waals surface area contributed by atoms with Crippen molar-refractivity contribution < 1.29 is 55.9 Å². The van der Waals surface area contributed by atoms with Crippen molar-refractivity contribution in [3.05, 3.63) is 20.9 Å². The van der Waals surface area contributed by atoms with Crippen molar-refractivity contribution in [2.24, 2.45) is 10.2 Å². The molecule has 0 aromatic rings. The van der Waals surface area contributed by atoms with Gasteiger partial charge in [0.05, 0.1) is 12.7 Å². The average Bonchev–Trinajstić information content (AvgIpc) is 2.82. The summed E-state index contributed by atoms with van der Waals surface area (Å²) < 4.78 is 55.7. The minimum absolute atomic E-state index is 0.169. The second-order valence-electron chi connectivity index (χ2n) is 5.02. The SMILES string of the molecule is BC1C[C@@H](OC(N=[N+]=[N-])N=[N+]=[N-])C(COP(=O)(O)OP(=O)(O)OP(=O)(O)O)O1. The number of nitrogens with zero attached hydrogens (tertiary/aromatic N) is 6. The van der Waals surface area contributed by atoms with Gasteiger partial charge in [0.1, 0.15) is 14.0 Å². The number of rotatable bonds is 11. The lowest BCUT2D eigenvalue weighted by atomic mass is 9.96. The fourth-order valence-electron chi connectivity index (χ4n) is 2.00. The van der Waals surface area contributed by atoms with E-state index >= 15 is 0 Å². The normalized spacial score (nSPS) is 27.6. The van der Waals surface area contributed by atoms with E-state index in [-0.39, 0.29) is 6.42 Å². The summed E-state index contributed by atoms with van der Waals surface area (Å²) in [7, 11) is -14.9. The molecule has 28 heavy (non-hydrogen) atoms. The van der Waals surface area contributed by atoms with E-state index in [4.69, 9.17) is 35.2 Å². The molecular formula is C6H14BN6O12P3. The topological polar surface area (TPSA) is 276 Å². The standard InChI is InChI=1S/C6H14BN6O12P3/c7-5-1-3(23-6(10-12-8)11-13-9)4(22-5)2-21-27(17,18)25-28(19,20)24-26(14,15)16/h3-6H,1-2,7H2,(H,17,18)(H,19,20)(H2,14,15,16)/t3-,4?,5?/m1/s1. The summed E-state index contributed by atoms with van der Waals surface area (Å²) >= 11 is 0. The zero-order chi connectivity index (χ0) is 21.6. The Morgan fingerprint density at radius 1 is 1.11 bits per heavy atom. The van der Waals surface area contributed by atoms with Crippen LogP contribution < -0.4 is 0 Å². The van der Waals surface area contributed by atoms with Crippen LogP contribution in [0.2, 0.25) is 0 Å². The van der Waals surface area contributed by atoms with Gasteiger partial charge in [-0.3, -0.25) is 4.52 Å². The second kappa shape index (κ2) is 10.2. The molecule has 5 atom stereocenters. The summed E-state index contributed by atoms with van der Waals surface area (Å²) in [5.74, 6) is 0. The van der Waals surface area contributed by atoms with Gasteiger partial charge < -0.3 is 29.0 Å². The van der Waals surface area contributed by atoms with Crippen molar-refractivity contribution in [2.45, 2.75) is 31.0 Å². The van der Waals surface area contributed by atoms with E-state index in [2.05, 4.69) is 33.2 Å². The Kier molecular flexibility index (Phi) is 9.10. The van der Waals surface area contributed by atoms with Crippen LogP contribution >= 0.6 is 23.5 Å². The van der Waals surface area contributed by atoms with Gasteiger partial charge in [-0.25, -0.2) is 13.7 Å². The van der Waals surface area contributed by atoms with Crippen molar-refractivity contribution in [1.82, 2.24) is 0 Å². The molecule has 0 bridgehead atoms. The van der Waals surface area contributed by atoms with E-state index < -0.39 is 54.6 Å². The Labute approximate surface area is 156 Å². The molecule has 1 saturated heterocycles. The van der Waals surface area contributed by atoms with Crippen LogP contribution in [0.15, 0.2) is 10.2 Å². The molecule has 0 spiro atoms. The fourth-order valence-corrected chi connectivity index (χ4v) is 5.03. The molecule has 22 heteroatoms. The Bertz CT molecular complexity index is 777. The molecule has 1 aliphatic heterocycles. The molecule has 0 aromatic heterocycles. The molecule has 158 valence electrons. The van der Waals surface area contributed by atoms with Gasteiger partial charge in [-0.05, 0) is 17.5 Å². The van der Waals surface area contributed by atoms with Crippen molar-refractivity contribution in [1.29, 1.82) is 0 Å². The molecule has 4 unspecified atom stereocenters. The summed E-state index contributed by atoms with van der Waals surface area (Å²) in [6.45, 7) is -0.766. The predicted molar refractivity (Wildman–Crippen MR) is 88.6 cm³/mol. The molecule has 1 heterocycles. The Hall–Kier alpha value is -0.985. The van der Waals surface area contributed by atoms with Gasteiger partial charge in [0.15, 0.2) is 0 Å². The maximum absolute atomic E-state index is 11.7. The van der Waals surface area contributed by atoms with E-state index in [9.17, 15) is 18.6 Å². The minimum atomic E-state index is -5.65. The molecule has 0 saturated carbocycles. The molecule has 1 aliphatic rings. The summed E-state index contributed by atoms with van der Waals surface area (Å²) in [5.41, 5.74) is 16.8. The van der Waals surface area contributed by atoms with Gasteiger partial charge in [0, 0.05) is 15.8 Å². The van der Waals surface area contributed by atoms with Gasteiger partial charge >= 0.3 is 23.5 Å². The lowest BCUT2D eigenvalue weighted by Crippen LogP contribution is -2.31. The van der Waals surface area contributed by atoms with E-state index in [0.717, 1.165) is 0 Å². The lowest BCUT2D eigenvalue weighted by Gasteiger charge is -2.22. The van der Waals surface area contributed by atoms with E-state index in [1.165, 1.54) is 0 Å². The van der Waals surface area contributed by atoms with Crippen molar-refractivity contribution >= 4 is 31.3 Å². The molecule has 0 radical (unpaired) electrons. The maximum Gasteiger partial charge on any atom is 0.490 e. The third kappa shape index (κ3) is 9.48. The number of ether oxygens (including phenoxy) is 2. The first kappa shape index (κ1) is 25.1. The highest BCUT2D eigenvalue weighted by atomic mass is 31.3. The molecule has 4 N–H and O–H groups in total. The number of hydrogen-bond acceptors (Lipinski definition) is 10. The summed E-state index contributed by atoms with van der Waals surface area (Å²) in [4.78, 5) is 40.2. The average molecular weight is 466 g/mol. The quantitative estimate of drug-likeness (QED) is 0.106. The van der Waals surface area contributed by atoms with Crippen LogP contribution in [-0.2, 0) is 36.3 Å². The van der Waals surface area contributed by atoms with Crippen LogP contribution in [0.25, 0.3) is 20.9 Å². The third-order valence-corrected chi connectivity index (χ3v) is 6.60. The summed E-state index contributed by atoms with van der Waals surface area (Å²) in [6, 6.07) is -0.461. The van der Waals surface area contributed by atoms with E-state index in [1.807, 2.05) is 0 Å². The molecule has 1 rings (SSSR count). The fraction of sp³-hybridized carbons (Fsp3) is 1.00. The van der Waals surface area contributed by atoms with Gasteiger partial charge in [-0.15, -0.1) is 0 Å². The molecular weight excluding hydrogens is 452 g/mol. The molecule has 0 amide bonds. The molecule has 0 aromatic carbocycles. The first-order valence-corrected chi connectivity index (χ1v) is 11.5. The first-order chi connectivity index (χ1) is 12.8. The maximum atomic E-state index is 11.7. The van der Waals surface area contributed by atoms with Gasteiger partial charge in [0.2, 0.25) is 6.35 Å². The van der Waals surface area contributed by atoms with E-state index in [1.54, 1.807) is 7.85 Å². The van der Waals surface area contributed by atoms with Crippen LogP contribution in [0.1, 0.15) is 6.42 Å². The van der Waals surface area contributed by atoms with Crippen LogP contribution in [0, 0.1) is 0 Å². The summed E-state index contributed by atoms with van der Waals surface area (Å²) in [6.07, 6.45) is -3.45. The zero-order valence-electron chi connectivity index (χ0n) is 13.8. The van der Waals surface area contributed by atoms with Gasteiger partial charge in [-0.2, -0.15) is 8.62 Å². The molecule has 18 nitrogen and oxygen atoms in total. The van der Waals surface area contributed by atoms with E-state index in [0.29, 0.717) is 0 Å². The highest BCUT2D eigenvalue weighted by molar-refractivity contribution is 7.66.